The first-order valence-corrected chi connectivity index (χ1v) is 20.0. The van der Waals surface area contributed by atoms with E-state index in [9.17, 15) is 0 Å². The van der Waals surface area contributed by atoms with E-state index in [1.165, 1.54) is 106 Å². The summed E-state index contributed by atoms with van der Waals surface area (Å²) < 4.78 is 0. The average Bonchev–Trinajstić information content (AvgIpc) is 3.87. The van der Waals surface area contributed by atoms with Gasteiger partial charge in [0.2, 0.25) is 0 Å². The van der Waals surface area contributed by atoms with Gasteiger partial charge in [-0.1, -0.05) is 179 Å². The normalized spacial score (nSPS) is 15.9. The monoisotopic (exact) mass is 715 g/mol. The lowest BCUT2D eigenvalue weighted by atomic mass is 9.70. The third-order valence-electron chi connectivity index (χ3n) is 13.9. The molecular weight excluding hydrogens is 675 g/mol. The molecule has 8 aromatic carbocycles. The molecule has 0 saturated heterocycles. The van der Waals surface area contributed by atoms with Gasteiger partial charge in [0.05, 0.1) is 16.8 Å². The van der Waals surface area contributed by atoms with Gasteiger partial charge in [-0.05, 0) is 108 Å². The van der Waals surface area contributed by atoms with Crippen LogP contribution in [0, 0.1) is 0 Å². The summed E-state index contributed by atoms with van der Waals surface area (Å²) in [5, 5.41) is 0. The minimum absolute atomic E-state index is 0.131. The van der Waals surface area contributed by atoms with Crippen LogP contribution in [-0.2, 0) is 16.2 Å². The zero-order chi connectivity index (χ0) is 37.6. The van der Waals surface area contributed by atoms with Crippen molar-refractivity contribution < 1.29 is 0 Å². The van der Waals surface area contributed by atoms with Gasteiger partial charge in [0.15, 0.2) is 0 Å². The lowest BCUT2D eigenvalue weighted by molar-refractivity contribution is 0.658. The van der Waals surface area contributed by atoms with Crippen LogP contribution in [0.5, 0.6) is 0 Å². The summed E-state index contributed by atoms with van der Waals surface area (Å²) >= 11 is 0. The predicted octanol–water partition coefficient (Wildman–Crippen LogP) is 14.1. The summed E-state index contributed by atoms with van der Waals surface area (Å²) in [6.07, 6.45) is 0. The number of fused-ring (bicyclic) bond motifs is 16. The van der Waals surface area contributed by atoms with Crippen LogP contribution >= 0.6 is 0 Å². The first-order valence-electron chi connectivity index (χ1n) is 20.0. The number of hydrogen-bond acceptors (Lipinski definition) is 1. The van der Waals surface area contributed by atoms with Crippen molar-refractivity contribution in [3.05, 3.63) is 220 Å². The number of rotatable bonds is 3. The Morgan fingerprint density at radius 2 is 0.750 bits per heavy atom. The first-order chi connectivity index (χ1) is 27.3. The Morgan fingerprint density at radius 1 is 0.321 bits per heavy atom. The Hall–Kier alpha value is -6.44. The van der Waals surface area contributed by atoms with Crippen LogP contribution in [-0.4, -0.2) is 0 Å². The summed E-state index contributed by atoms with van der Waals surface area (Å²) in [5.74, 6) is 0. The highest BCUT2D eigenvalue weighted by molar-refractivity contribution is 6.02. The molecule has 0 radical (unpaired) electrons. The number of hydrogen-bond donors (Lipinski definition) is 0. The van der Waals surface area contributed by atoms with Gasteiger partial charge in [-0.15, -0.1) is 0 Å². The number of benzene rings is 8. The van der Waals surface area contributed by atoms with E-state index in [2.05, 4.69) is 209 Å². The molecule has 0 fully saturated rings. The molecule has 12 rings (SSSR count). The second-order valence-corrected chi connectivity index (χ2v) is 17.2. The smallest absolute Gasteiger partial charge is 0.0726 e. The zero-order valence-electron chi connectivity index (χ0n) is 32.2. The molecule has 1 nitrogen and oxygen atoms in total. The lowest BCUT2D eigenvalue weighted by Crippen LogP contribution is -2.26. The molecular formula is C55H41N. The van der Waals surface area contributed by atoms with Crippen molar-refractivity contribution in [1.29, 1.82) is 0 Å². The van der Waals surface area contributed by atoms with Crippen molar-refractivity contribution in [3.63, 3.8) is 0 Å². The quantitative estimate of drug-likeness (QED) is 0.176. The molecule has 0 amide bonds. The van der Waals surface area contributed by atoms with E-state index < -0.39 is 5.41 Å². The van der Waals surface area contributed by atoms with Crippen LogP contribution in [0.1, 0.15) is 72.2 Å². The summed E-state index contributed by atoms with van der Waals surface area (Å²) in [5.41, 5.74) is 24.4. The fourth-order valence-electron chi connectivity index (χ4n) is 11.6. The summed E-state index contributed by atoms with van der Waals surface area (Å²) in [4.78, 5) is 2.62. The van der Waals surface area contributed by atoms with E-state index in [0.29, 0.717) is 0 Å². The predicted molar refractivity (Wildman–Crippen MR) is 233 cm³/mol. The molecule has 8 aromatic rings. The molecule has 0 atom stereocenters. The van der Waals surface area contributed by atoms with E-state index in [1.54, 1.807) is 0 Å². The van der Waals surface area contributed by atoms with Gasteiger partial charge in [0.1, 0.15) is 0 Å². The molecule has 0 bridgehead atoms. The highest BCUT2D eigenvalue weighted by atomic mass is 15.2. The van der Waals surface area contributed by atoms with E-state index in [0.717, 1.165) is 0 Å². The highest BCUT2D eigenvalue weighted by Crippen LogP contribution is 2.65. The molecule has 0 unspecified atom stereocenters. The van der Waals surface area contributed by atoms with Crippen molar-refractivity contribution in [2.24, 2.45) is 0 Å². The average molecular weight is 716 g/mol. The van der Waals surface area contributed by atoms with Gasteiger partial charge in [-0.3, -0.25) is 0 Å². The maximum atomic E-state index is 2.62. The lowest BCUT2D eigenvalue weighted by Gasteiger charge is -2.35. The molecule has 56 heavy (non-hydrogen) atoms. The summed E-state index contributed by atoms with van der Waals surface area (Å²) in [6.45, 7) is 9.60. The van der Waals surface area contributed by atoms with E-state index in [1.807, 2.05) is 0 Å². The highest BCUT2D eigenvalue weighted by Gasteiger charge is 2.52. The van der Waals surface area contributed by atoms with Crippen molar-refractivity contribution in [1.82, 2.24) is 0 Å². The molecule has 0 aliphatic heterocycles. The first kappa shape index (κ1) is 31.9. The molecule has 1 spiro atoms. The molecule has 4 aliphatic carbocycles. The second kappa shape index (κ2) is 10.9. The molecule has 266 valence electrons. The second-order valence-electron chi connectivity index (χ2n) is 17.2. The van der Waals surface area contributed by atoms with Crippen LogP contribution in [0.3, 0.4) is 0 Å². The van der Waals surface area contributed by atoms with E-state index in [4.69, 9.17) is 0 Å². The number of nitrogens with zero attached hydrogens (tertiary/aromatic N) is 1. The van der Waals surface area contributed by atoms with E-state index in [-0.39, 0.29) is 10.8 Å². The maximum Gasteiger partial charge on any atom is 0.0726 e. The molecule has 0 aromatic heterocycles. The number of anilines is 3. The fraction of sp³-hybridized carbons (Fsp3) is 0.127. The minimum Gasteiger partial charge on any atom is -0.310 e. The standard InChI is InChI=1S/C55H41N/c1-53(2)42-23-10-5-17-35(42)39-32-31-34(33-48(39)53)56(50-30-15-22-40-38-20-6-11-24-43(38)54(3,4)52(40)50)49-29-16-28-47-51(49)41-21-9-14-27-46(41)55(47)44-25-12-7-18-36(44)37-19-8-13-26-45(37)55/h5-33H,1-4H3. The van der Waals surface area contributed by atoms with Crippen LogP contribution < -0.4 is 4.90 Å². The van der Waals surface area contributed by atoms with Crippen LogP contribution in [0.4, 0.5) is 17.1 Å². The van der Waals surface area contributed by atoms with Gasteiger partial charge < -0.3 is 4.90 Å². The SMILES string of the molecule is CC1(C)c2ccccc2-c2ccc(N(c3cccc4c3-c3ccccc3C43c4ccccc4-c4ccccc43)c3cccc4c3C(C)(C)c3ccccc3-4)cc21. The van der Waals surface area contributed by atoms with Gasteiger partial charge in [0.25, 0.3) is 0 Å². The Morgan fingerprint density at radius 3 is 1.39 bits per heavy atom. The third kappa shape index (κ3) is 3.76. The van der Waals surface area contributed by atoms with Gasteiger partial charge >= 0.3 is 0 Å². The Labute approximate surface area is 329 Å². The van der Waals surface area contributed by atoms with Crippen LogP contribution in [0.25, 0.3) is 44.5 Å². The van der Waals surface area contributed by atoms with Crippen molar-refractivity contribution in [2.75, 3.05) is 4.90 Å². The molecule has 0 saturated carbocycles. The zero-order valence-corrected chi connectivity index (χ0v) is 32.2. The van der Waals surface area contributed by atoms with Crippen molar-refractivity contribution in [2.45, 2.75) is 43.9 Å². The van der Waals surface area contributed by atoms with Crippen molar-refractivity contribution >= 4 is 17.1 Å². The summed E-state index contributed by atoms with van der Waals surface area (Å²) in [6, 6.07) is 66.7. The van der Waals surface area contributed by atoms with E-state index >= 15 is 0 Å². The molecule has 0 heterocycles. The fourth-order valence-corrected chi connectivity index (χ4v) is 11.6. The molecule has 4 aliphatic rings. The largest absolute Gasteiger partial charge is 0.310 e. The molecule has 1 heteroatoms. The summed E-state index contributed by atoms with van der Waals surface area (Å²) in [7, 11) is 0. The minimum atomic E-state index is -0.420. The van der Waals surface area contributed by atoms with Gasteiger partial charge in [-0.25, -0.2) is 0 Å². The van der Waals surface area contributed by atoms with Crippen molar-refractivity contribution in [3.8, 4) is 44.5 Å². The Balaban J connectivity index is 1.19. The Bertz CT molecular complexity index is 2950. The van der Waals surface area contributed by atoms with Gasteiger partial charge in [0, 0.05) is 22.1 Å². The Kier molecular flexibility index (Phi) is 6.18. The molecule has 0 N–H and O–H groups in total. The van der Waals surface area contributed by atoms with Crippen LogP contribution in [0.15, 0.2) is 176 Å². The van der Waals surface area contributed by atoms with Gasteiger partial charge in [-0.2, -0.15) is 0 Å². The van der Waals surface area contributed by atoms with Crippen LogP contribution in [0.2, 0.25) is 0 Å². The third-order valence-corrected chi connectivity index (χ3v) is 13.9. The topological polar surface area (TPSA) is 3.24 Å². The maximum absolute atomic E-state index is 2.62.